The maximum atomic E-state index is 11.8. The Morgan fingerprint density at radius 1 is 1.12 bits per heavy atom. The lowest BCUT2D eigenvalue weighted by Gasteiger charge is -2.12. The largest absolute Gasteiger partial charge is 0.399 e. The molecule has 0 atom stereocenters. The van der Waals surface area contributed by atoms with Gasteiger partial charge >= 0.3 is 11.8 Å². The number of imide groups is 2. The molecule has 5 amide bonds. The molecule has 0 saturated carbocycles. The van der Waals surface area contributed by atoms with Crippen LogP contribution in [0.25, 0.3) is 0 Å². The summed E-state index contributed by atoms with van der Waals surface area (Å²) in [5.74, 6) is -3.18. The Hall–Kier alpha value is -2.88. The summed E-state index contributed by atoms with van der Waals surface area (Å²) >= 11 is 0.878. The van der Waals surface area contributed by atoms with E-state index in [0.29, 0.717) is 5.69 Å². The number of nitrogens with one attached hydrogen (secondary N) is 2. The standard InChI is InChI=1S/C14H14N4O5S/c15-9-3-1-8(2-4-9)11(20)17-13(22)12(21)16-5-6-18-10(19)7-24-14(18)23/h1-4H,5-7,15H2,(H,16,21)(H,17,20,22). The Bertz CT molecular complexity index is 688. The number of nitrogens with zero attached hydrogens (tertiary/aromatic N) is 1. The van der Waals surface area contributed by atoms with Gasteiger partial charge in [-0.05, 0) is 24.3 Å². The van der Waals surface area contributed by atoms with Crippen molar-refractivity contribution in [3.8, 4) is 0 Å². The molecule has 9 nitrogen and oxygen atoms in total. The molecule has 1 saturated heterocycles. The summed E-state index contributed by atoms with van der Waals surface area (Å²) in [6, 6.07) is 5.80. The van der Waals surface area contributed by atoms with Crippen molar-refractivity contribution in [2.24, 2.45) is 0 Å². The first-order chi connectivity index (χ1) is 11.4. The SMILES string of the molecule is Nc1ccc(C(=O)NC(=O)C(=O)NCCN2C(=O)CSC2=O)cc1. The van der Waals surface area contributed by atoms with E-state index >= 15 is 0 Å². The van der Waals surface area contributed by atoms with Crippen LogP contribution in [-0.2, 0) is 14.4 Å². The summed E-state index contributed by atoms with van der Waals surface area (Å²) in [5.41, 5.74) is 6.12. The predicted molar refractivity (Wildman–Crippen MR) is 85.9 cm³/mol. The van der Waals surface area contributed by atoms with E-state index in [-0.39, 0.29) is 30.3 Å². The van der Waals surface area contributed by atoms with Gasteiger partial charge in [0.15, 0.2) is 0 Å². The van der Waals surface area contributed by atoms with E-state index in [1.165, 1.54) is 24.3 Å². The molecule has 1 aliphatic rings. The smallest absolute Gasteiger partial charge is 0.316 e. The fourth-order valence-corrected chi connectivity index (χ4v) is 2.58. The molecule has 10 heteroatoms. The van der Waals surface area contributed by atoms with Crippen LogP contribution in [0, 0.1) is 0 Å². The van der Waals surface area contributed by atoms with Crippen LogP contribution in [0.1, 0.15) is 10.4 Å². The number of nitrogens with two attached hydrogens (primary N) is 1. The quantitative estimate of drug-likeness (QED) is 0.484. The summed E-state index contributed by atoms with van der Waals surface area (Å²) in [4.78, 5) is 58.7. The number of carbonyl (C=O) groups is 5. The Balaban J connectivity index is 1.78. The van der Waals surface area contributed by atoms with Gasteiger partial charge < -0.3 is 11.1 Å². The lowest BCUT2D eigenvalue weighted by Crippen LogP contribution is -2.45. The molecule has 1 fully saturated rings. The van der Waals surface area contributed by atoms with E-state index in [1.807, 2.05) is 5.32 Å². The molecule has 0 aliphatic carbocycles. The monoisotopic (exact) mass is 350 g/mol. The van der Waals surface area contributed by atoms with Crippen LogP contribution in [0.3, 0.4) is 0 Å². The Morgan fingerprint density at radius 3 is 2.38 bits per heavy atom. The van der Waals surface area contributed by atoms with E-state index in [2.05, 4.69) is 5.32 Å². The highest BCUT2D eigenvalue weighted by Gasteiger charge is 2.29. The first-order valence-electron chi connectivity index (χ1n) is 6.84. The van der Waals surface area contributed by atoms with Gasteiger partial charge in [0.2, 0.25) is 5.91 Å². The minimum atomic E-state index is -1.13. The highest BCUT2D eigenvalue weighted by molar-refractivity contribution is 8.14. The maximum Gasteiger partial charge on any atom is 0.316 e. The average molecular weight is 350 g/mol. The number of thioether (sulfide) groups is 1. The minimum Gasteiger partial charge on any atom is -0.399 e. The Morgan fingerprint density at radius 2 is 1.79 bits per heavy atom. The number of anilines is 1. The number of benzene rings is 1. The fraction of sp³-hybridized carbons (Fsp3) is 0.214. The summed E-state index contributed by atoms with van der Waals surface area (Å²) in [6.07, 6.45) is 0. The van der Waals surface area contributed by atoms with Crippen LogP contribution in [0.4, 0.5) is 10.5 Å². The molecular weight excluding hydrogens is 336 g/mol. The Labute approximate surface area is 140 Å². The summed E-state index contributed by atoms with van der Waals surface area (Å²) in [5, 5.41) is 3.78. The molecule has 1 aliphatic heterocycles. The van der Waals surface area contributed by atoms with Crippen molar-refractivity contribution in [3.63, 3.8) is 0 Å². The number of nitrogen functional groups attached to an aromatic ring is 1. The molecule has 4 N–H and O–H groups in total. The fourth-order valence-electron chi connectivity index (χ4n) is 1.83. The van der Waals surface area contributed by atoms with Gasteiger partial charge in [0.1, 0.15) is 0 Å². The zero-order valence-electron chi connectivity index (χ0n) is 12.4. The highest BCUT2D eigenvalue weighted by Crippen LogP contribution is 2.17. The van der Waals surface area contributed by atoms with Gasteiger partial charge in [-0.3, -0.25) is 34.2 Å². The highest BCUT2D eigenvalue weighted by atomic mass is 32.2. The van der Waals surface area contributed by atoms with Gasteiger partial charge in [-0.25, -0.2) is 0 Å². The second-order valence-electron chi connectivity index (χ2n) is 4.76. The van der Waals surface area contributed by atoms with Gasteiger partial charge in [0, 0.05) is 24.3 Å². The minimum absolute atomic E-state index is 0.0321. The first kappa shape index (κ1) is 17.5. The number of amides is 5. The average Bonchev–Trinajstić information content (AvgIpc) is 2.87. The molecule has 1 aromatic carbocycles. The molecule has 1 heterocycles. The van der Waals surface area contributed by atoms with Crippen LogP contribution in [0.15, 0.2) is 24.3 Å². The molecular formula is C14H14N4O5S. The summed E-state index contributed by atoms with van der Waals surface area (Å²) < 4.78 is 0. The molecule has 0 unspecified atom stereocenters. The van der Waals surface area contributed by atoms with E-state index < -0.39 is 23.0 Å². The second kappa shape index (κ2) is 7.59. The third-order valence-electron chi connectivity index (χ3n) is 3.07. The molecule has 0 spiro atoms. The third kappa shape index (κ3) is 4.32. The van der Waals surface area contributed by atoms with Crippen molar-refractivity contribution in [2.75, 3.05) is 24.6 Å². The van der Waals surface area contributed by atoms with Crippen molar-refractivity contribution in [2.45, 2.75) is 0 Å². The van der Waals surface area contributed by atoms with Crippen molar-refractivity contribution in [3.05, 3.63) is 29.8 Å². The van der Waals surface area contributed by atoms with Crippen molar-refractivity contribution >= 4 is 46.3 Å². The number of rotatable bonds is 4. The molecule has 126 valence electrons. The van der Waals surface area contributed by atoms with E-state index in [0.717, 1.165) is 16.7 Å². The predicted octanol–water partition coefficient (Wildman–Crippen LogP) is -0.663. The third-order valence-corrected chi connectivity index (χ3v) is 3.93. The number of hydrogen-bond acceptors (Lipinski definition) is 7. The van der Waals surface area contributed by atoms with Crippen LogP contribution in [-0.4, -0.2) is 52.6 Å². The topological polar surface area (TPSA) is 139 Å². The molecule has 2 rings (SSSR count). The summed E-state index contributed by atoms with van der Waals surface area (Å²) in [7, 11) is 0. The normalized spacial score (nSPS) is 13.8. The summed E-state index contributed by atoms with van der Waals surface area (Å²) in [6.45, 7) is -0.115. The lowest BCUT2D eigenvalue weighted by atomic mass is 10.2. The van der Waals surface area contributed by atoms with Gasteiger partial charge in [0.05, 0.1) is 5.75 Å². The zero-order chi connectivity index (χ0) is 17.7. The second-order valence-corrected chi connectivity index (χ2v) is 5.69. The van der Waals surface area contributed by atoms with E-state index in [9.17, 15) is 24.0 Å². The van der Waals surface area contributed by atoms with Gasteiger partial charge in [-0.2, -0.15) is 0 Å². The zero-order valence-corrected chi connectivity index (χ0v) is 13.2. The number of hydrogen-bond donors (Lipinski definition) is 3. The maximum absolute atomic E-state index is 11.8. The van der Waals surface area contributed by atoms with Crippen LogP contribution < -0.4 is 16.4 Å². The van der Waals surface area contributed by atoms with Crippen molar-refractivity contribution in [1.29, 1.82) is 0 Å². The van der Waals surface area contributed by atoms with Crippen molar-refractivity contribution < 1.29 is 24.0 Å². The van der Waals surface area contributed by atoms with Crippen LogP contribution >= 0.6 is 11.8 Å². The number of carbonyl (C=O) groups excluding carboxylic acids is 5. The van der Waals surface area contributed by atoms with Gasteiger partial charge in [-0.15, -0.1) is 0 Å². The lowest BCUT2D eigenvalue weighted by molar-refractivity contribution is -0.138. The molecule has 24 heavy (non-hydrogen) atoms. The van der Waals surface area contributed by atoms with Crippen molar-refractivity contribution in [1.82, 2.24) is 15.5 Å². The van der Waals surface area contributed by atoms with Crippen LogP contribution in [0.2, 0.25) is 0 Å². The molecule has 0 aromatic heterocycles. The van der Waals surface area contributed by atoms with E-state index in [4.69, 9.17) is 5.73 Å². The van der Waals surface area contributed by atoms with E-state index in [1.54, 1.807) is 0 Å². The Kier molecular flexibility index (Phi) is 5.53. The molecule has 0 radical (unpaired) electrons. The molecule has 0 bridgehead atoms. The van der Waals surface area contributed by atoms with Gasteiger partial charge in [-0.1, -0.05) is 11.8 Å². The first-order valence-corrected chi connectivity index (χ1v) is 7.83. The van der Waals surface area contributed by atoms with Crippen LogP contribution in [0.5, 0.6) is 0 Å². The van der Waals surface area contributed by atoms with Gasteiger partial charge in [0.25, 0.3) is 11.1 Å². The molecule has 1 aromatic rings.